The Balaban J connectivity index is 2.02. The number of esters is 1. The summed E-state index contributed by atoms with van der Waals surface area (Å²) in [6, 6.07) is 7.50. The molecule has 2 atom stereocenters. The van der Waals surface area contributed by atoms with Gasteiger partial charge in [0.05, 0.1) is 19.8 Å². The van der Waals surface area contributed by atoms with E-state index < -0.39 is 6.10 Å². The summed E-state index contributed by atoms with van der Waals surface area (Å²) in [6.45, 7) is 5.97. The smallest absolute Gasteiger partial charge is 0.323 e. The number of aliphatic hydroxyl groups is 1. The Morgan fingerprint density at radius 2 is 2.23 bits per heavy atom. The van der Waals surface area contributed by atoms with Crippen molar-refractivity contribution in [1.82, 2.24) is 4.90 Å². The number of aliphatic hydroxyl groups excluding tert-OH is 1. The molecule has 0 unspecified atom stereocenters. The fraction of sp³-hybridized carbons (Fsp3) is 0.588. The highest BCUT2D eigenvalue weighted by atomic mass is 16.5. The van der Waals surface area contributed by atoms with E-state index in [0.717, 1.165) is 11.3 Å². The van der Waals surface area contributed by atoms with Gasteiger partial charge in [0.2, 0.25) is 0 Å². The number of methoxy groups -OCH3 is 1. The molecule has 1 saturated heterocycles. The minimum Gasteiger partial charge on any atom is -0.493 e. The molecule has 1 heterocycles. The summed E-state index contributed by atoms with van der Waals surface area (Å²) in [6.07, 6.45) is -0.0552. The van der Waals surface area contributed by atoms with Crippen LogP contribution in [0.4, 0.5) is 0 Å². The first kappa shape index (κ1) is 16.8. The molecule has 122 valence electrons. The Labute approximate surface area is 131 Å². The largest absolute Gasteiger partial charge is 0.493 e. The molecule has 0 aliphatic carbocycles. The van der Waals surface area contributed by atoms with E-state index in [-0.39, 0.29) is 12.0 Å². The van der Waals surface area contributed by atoms with Gasteiger partial charge in [0.25, 0.3) is 0 Å². The maximum absolute atomic E-state index is 11.8. The first-order valence-electron chi connectivity index (χ1n) is 7.71. The van der Waals surface area contributed by atoms with E-state index in [1.165, 1.54) is 7.11 Å². The van der Waals surface area contributed by atoms with Gasteiger partial charge in [-0.15, -0.1) is 0 Å². The summed E-state index contributed by atoms with van der Waals surface area (Å²) in [4.78, 5) is 13.8. The lowest BCUT2D eigenvalue weighted by Crippen LogP contribution is -2.36. The van der Waals surface area contributed by atoms with Gasteiger partial charge in [-0.2, -0.15) is 0 Å². The van der Waals surface area contributed by atoms with Crippen LogP contribution in [0.2, 0.25) is 0 Å². The van der Waals surface area contributed by atoms with Gasteiger partial charge in [0, 0.05) is 19.5 Å². The van der Waals surface area contributed by atoms with Crippen molar-refractivity contribution < 1.29 is 19.4 Å². The molecule has 0 saturated carbocycles. The van der Waals surface area contributed by atoms with E-state index in [1.54, 1.807) is 0 Å². The van der Waals surface area contributed by atoms with E-state index >= 15 is 0 Å². The molecule has 0 bridgehead atoms. The van der Waals surface area contributed by atoms with E-state index in [4.69, 9.17) is 9.47 Å². The molecule has 1 fully saturated rings. The number of likely N-dealkylation sites (tertiary alicyclic amines) is 1. The lowest BCUT2D eigenvalue weighted by Gasteiger charge is -2.22. The molecular formula is C17H25NO4. The van der Waals surface area contributed by atoms with Crippen LogP contribution in [0.1, 0.15) is 25.8 Å². The van der Waals surface area contributed by atoms with Crippen LogP contribution in [0.5, 0.6) is 5.75 Å². The molecule has 1 aliphatic rings. The van der Waals surface area contributed by atoms with Crippen molar-refractivity contribution >= 4 is 5.97 Å². The topological polar surface area (TPSA) is 59.0 Å². The van der Waals surface area contributed by atoms with Crippen molar-refractivity contribution in [2.45, 2.75) is 39.0 Å². The minimum absolute atomic E-state index is 0.288. The van der Waals surface area contributed by atoms with Crippen LogP contribution in [0, 0.1) is 5.92 Å². The number of rotatable bonds is 6. The summed E-state index contributed by atoms with van der Waals surface area (Å²) in [5.74, 6) is 1.02. The van der Waals surface area contributed by atoms with E-state index in [9.17, 15) is 9.90 Å². The van der Waals surface area contributed by atoms with E-state index in [2.05, 4.69) is 13.8 Å². The molecule has 22 heavy (non-hydrogen) atoms. The maximum Gasteiger partial charge on any atom is 0.323 e. The summed E-state index contributed by atoms with van der Waals surface area (Å²) < 4.78 is 10.6. The standard InChI is InChI=1S/C17H25NO4/c1-12(2)11-22-15-6-4-5-13(7-15)9-18-10-14(19)8-16(18)17(20)21-3/h4-7,12,14,16,19H,8-11H2,1-3H3/t14-,16+/m1/s1. The molecule has 0 radical (unpaired) electrons. The Bertz CT molecular complexity index is 503. The van der Waals surface area contributed by atoms with Crippen molar-refractivity contribution in [2.75, 3.05) is 20.3 Å². The van der Waals surface area contributed by atoms with Crippen molar-refractivity contribution in [3.8, 4) is 5.75 Å². The normalized spacial score (nSPS) is 22.0. The lowest BCUT2D eigenvalue weighted by molar-refractivity contribution is -0.146. The van der Waals surface area contributed by atoms with Crippen LogP contribution in [0.15, 0.2) is 24.3 Å². The Morgan fingerprint density at radius 1 is 1.45 bits per heavy atom. The summed E-state index contributed by atoms with van der Waals surface area (Å²) in [5, 5.41) is 9.82. The van der Waals surface area contributed by atoms with Gasteiger partial charge in [-0.05, 0) is 23.6 Å². The Morgan fingerprint density at radius 3 is 2.91 bits per heavy atom. The van der Waals surface area contributed by atoms with Crippen LogP contribution in [-0.4, -0.2) is 48.4 Å². The number of hydrogen-bond acceptors (Lipinski definition) is 5. The van der Waals surface area contributed by atoms with Gasteiger partial charge >= 0.3 is 5.97 Å². The minimum atomic E-state index is -0.482. The second kappa shape index (κ2) is 7.61. The summed E-state index contributed by atoms with van der Waals surface area (Å²) >= 11 is 0. The number of carbonyl (C=O) groups excluding carboxylic acids is 1. The average Bonchev–Trinajstić information content (AvgIpc) is 2.85. The molecule has 2 rings (SSSR count). The molecule has 5 heteroatoms. The van der Waals surface area contributed by atoms with Crippen molar-refractivity contribution in [1.29, 1.82) is 0 Å². The zero-order valence-electron chi connectivity index (χ0n) is 13.5. The lowest BCUT2D eigenvalue weighted by atomic mass is 10.1. The highest BCUT2D eigenvalue weighted by Crippen LogP contribution is 2.23. The third-order valence-electron chi connectivity index (χ3n) is 3.72. The van der Waals surface area contributed by atoms with Gasteiger partial charge in [0.15, 0.2) is 0 Å². The van der Waals surface area contributed by atoms with Crippen molar-refractivity contribution in [3.05, 3.63) is 29.8 Å². The monoisotopic (exact) mass is 307 g/mol. The molecule has 1 aliphatic heterocycles. The summed E-state index contributed by atoms with van der Waals surface area (Å²) in [7, 11) is 1.38. The first-order chi connectivity index (χ1) is 10.5. The highest BCUT2D eigenvalue weighted by molar-refractivity contribution is 5.76. The number of ether oxygens (including phenoxy) is 2. The van der Waals surface area contributed by atoms with Gasteiger partial charge in [-0.25, -0.2) is 0 Å². The highest BCUT2D eigenvalue weighted by Gasteiger charge is 2.36. The molecule has 1 aromatic rings. The zero-order chi connectivity index (χ0) is 16.1. The third-order valence-corrected chi connectivity index (χ3v) is 3.72. The van der Waals surface area contributed by atoms with Gasteiger partial charge in [-0.1, -0.05) is 26.0 Å². The van der Waals surface area contributed by atoms with Crippen molar-refractivity contribution in [3.63, 3.8) is 0 Å². The molecule has 0 aromatic heterocycles. The van der Waals surface area contributed by atoms with E-state index in [0.29, 0.717) is 32.0 Å². The first-order valence-corrected chi connectivity index (χ1v) is 7.71. The van der Waals surface area contributed by atoms with Gasteiger partial charge in [-0.3, -0.25) is 9.69 Å². The third kappa shape index (κ3) is 4.45. The number of nitrogens with zero attached hydrogens (tertiary/aromatic N) is 1. The predicted octanol–water partition coefficient (Wildman–Crippen LogP) is 1.83. The van der Waals surface area contributed by atoms with Gasteiger partial charge in [0.1, 0.15) is 11.8 Å². The quantitative estimate of drug-likeness (QED) is 0.813. The number of hydrogen-bond donors (Lipinski definition) is 1. The fourth-order valence-electron chi connectivity index (χ4n) is 2.67. The average molecular weight is 307 g/mol. The number of carbonyl (C=O) groups is 1. The van der Waals surface area contributed by atoms with Crippen LogP contribution in [-0.2, 0) is 16.1 Å². The number of benzene rings is 1. The van der Waals surface area contributed by atoms with Crippen molar-refractivity contribution in [2.24, 2.45) is 5.92 Å². The Hall–Kier alpha value is -1.59. The molecular weight excluding hydrogens is 282 g/mol. The predicted molar refractivity (Wildman–Crippen MR) is 83.6 cm³/mol. The molecule has 1 aromatic carbocycles. The molecule has 5 nitrogen and oxygen atoms in total. The SMILES string of the molecule is COC(=O)[C@@H]1C[C@@H](O)CN1Cc1cccc(OCC(C)C)c1. The maximum atomic E-state index is 11.8. The van der Waals surface area contributed by atoms with E-state index in [1.807, 2.05) is 29.2 Å². The fourth-order valence-corrected chi connectivity index (χ4v) is 2.67. The zero-order valence-corrected chi connectivity index (χ0v) is 13.5. The number of β-amino-alcohol motifs (C(OH)–C–C–N with tert-alkyl or cyclic N) is 1. The summed E-state index contributed by atoms with van der Waals surface area (Å²) in [5.41, 5.74) is 1.06. The van der Waals surface area contributed by atoms with Crippen LogP contribution in [0.3, 0.4) is 0 Å². The molecule has 0 spiro atoms. The molecule has 0 amide bonds. The second-order valence-corrected chi connectivity index (χ2v) is 6.21. The van der Waals surface area contributed by atoms with Crippen LogP contribution < -0.4 is 4.74 Å². The van der Waals surface area contributed by atoms with Crippen LogP contribution in [0.25, 0.3) is 0 Å². The van der Waals surface area contributed by atoms with Gasteiger partial charge < -0.3 is 14.6 Å². The second-order valence-electron chi connectivity index (χ2n) is 6.21. The van der Waals surface area contributed by atoms with Crippen LogP contribution >= 0.6 is 0 Å². The molecule has 1 N–H and O–H groups in total. The Kier molecular flexibility index (Phi) is 5.80.